The van der Waals surface area contributed by atoms with Crippen molar-refractivity contribution < 1.29 is 14.7 Å². The van der Waals surface area contributed by atoms with Crippen LogP contribution in [0.1, 0.15) is 23.5 Å². The second-order valence-corrected chi connectivity index (χ2v) is 6.92. The Labute approximate surface area is 160 Å². The van der Waals surface area contributed by atoms with Crippen LogP contribution in [0, 0.1) is 0 Å². The Bertz CT molecular complexity index is 859. The number of carboxylic acid groups (broad SMARTS) is 1. The molecule has 0 aromatic heterocycles. The Balaban J connectivity index is 2.35. The van der Waals surface area contributed by atoms with Crippen molar-refractivity contribution >= 4 is 40.8 Å². The molecule has 4 N–H and O–H groups in total. The normalized spacial score (nSPS) is 22.0. The molecule has 1 heterocycles. The van der Waals surface area contributed by atoms with E-state index < -0.39 is 23.3 Å². The zero-order chi connectivity index (χ0) is 19.1. The van der Waals surface area contributed by atoms with Gasteiger partial charge in [-0.1, -0.05) is 53.5 Å². The third kappa shape index (κ3) is 2.70. The number of carbonyl (C=O) groups excluding carboxylic acids is 1. The summed E-state index contributed by atoms with van der Waals surface area (Å²) >= 11 is 12.6. The Morgan fingerprint density at radius 3 is 2.46 bits per heavy atom. The van der Waals surface area contributed by atoms with Crippen LogP contribution in [0.15, 0.2) is 42.5 Å². The Morgan fingerprint density at radius 2 is 1.92 bits per heavy atom. The Hall–Kier alpha value is -2.28. The maximum atomic E-state index is 12.3. The molecular formula is C18H17Cl2N3O3. The fourth-order valence-electron chi connectivity index (χ4n) is 3.58. The number of nitrogens with two attached hydrogens (primary N) is 1. The van der Waals surface area contributed by atoms with Gasteiger partial charge in [0.1, 0.15) is 0 Å². The summed E-state index contributed by atoms with van der Waals surface area (Å²) in [5.74, 6) is -2.76. The zero-order valence-corrected chi connectivity index (χ0v) is 15.4. The van der Waals surface area contributed by atoms with Gasteiger partial charge in [-0.3, -0.25) is 9.80 Å². The predicted molar refractivity (Wildman–Crippen MR) is 100 cm³/mol. The van der Waals surface area contributed by atoms with E-state index in [1.807, 2.05) is 30.3 Å². The van der Waals surface area contributed by atoms with Gasteiger partial charge in [-0.05, 0) is 17.7 Å². The van der Waals surface area contributed by atoms with Gasteiger partial charge in [0.25, 0.3) is 5.91 Å². The highest BCUT2D eigenvalue weighted by molar-refractivity contribution is 6.36. The first-order valence-electron chi connectivity index (χ1n) is 7.87. The summed E-state index contributed by atoms with van der Waals surface area (Å²) in [6, 6.07) is 12.4. The SMILES string of the molecule is CNN1c2cc(Cl)cc(Cl)c2[C@H](c2ccccc2)C[C@]1(C(N)=O)C(=O)O. The van der Waals surface area contributed by atoms with Gasteiger partial charge < -0.3 is 10.8 Å². The number of carboxylic acids is 1. The zero-order valence-electron chi connectivity index (χ0n) is 13.9. The number of nitrogens with zero attached hydrogens (tertiary/aromatic N) is 1. The first-order valence-corrected chi connectivity index (χ1v) is 8.63. The van der Waals surface area contributed by atoms with Crippen molar-refractivity contribution in [1.29, 1.82) is 0 Å². The van der Waals surface area contributed by atoms with Crippen molar-refractivity contribution in [3.8, 4) is 0 Å². The molecule has 26 heavy (non-hydrogen) atoms. The lowest BCUT2D eigenvalue weighted by Crippen LogP contribution is -2.68. The largest absolute Gasteiger partial charge is 0.479 e. The molecule has 0 radical (unpaired) electrons. The Kier molecular flexibility index (Phi) is 4.84. The molecule has 0 spiro atoms. The number of hydrogen-bond donors (Lipinski definition) is 3. The van der Waals surface area contributed by atoms with Gasteiger partial charge in [0.05, 0.1) is 5.69 Å². The molecule has 0 aliphatic carbocycles. The van der Waals surface area contributed by atoms with Crippen LogP contribution in [-0.2, 0) is 9.59 Å². The second-order valence-electron chi connectivity index (χ2n) is 6.08. The summed E-state index contributed by atoms with van der Waals surface area (Å²) in [6.45, 7) is 0. The summed E-state index contributed by atoms with van der Waals surface area (Å²) < 4.78 is 0. The van der Waals surface area contributed by atoms with Gasteiger partial charge in [-0.2, -0.15) is 0 Å². The van der Waals surface area contributed by atoms with Crippen LogP contribution in [-0.4, -0.2) is 29.6 Å². The maximum Gasteiger partial charge on any atom is 0.341 e. The minimum absolute atomic E-state index is 0.0725. The molecule has 0 bridgehead atoms. The molecule has 1 aliphatic rings. The maximum absolute atomic E-state index is 12.3. The topological polar surface area (TPSA) is 95.7 Å². The molecule has 8 heteroatoms. The number of halogens is 2. The van der Waals surface area contributed by atoms with Crippen molar-refractivity contribution in [3.05, 3.63) is 63.6 Å². The average molecular weight is 394 g/mol. The average Bonchev–Trinajstić information content (AvgIpc) is 2.60. The number of benzene rings is 2. The van der Waals surface area contributed by atoms with Crippen molar-refractivity contribution in [3.63, 3.8) is 0 Å². The lowest BCUT2D eigenvalue weighted by atomic mass is 9.74. The van der Waals surface area contributed by atoms with Crippen molar-refractivity contribution in [2.45, 2.75) is 17.9 Å². The quantitative estimate of drug-likeness (QED) is 0.694. The monoisotopic (exact) mass is 393 g/mol. The number of hydrogen-bond acceptors (Lipinski definition) is 4. The van der Waals surface area contributed by atoms with Crippen LogP contribution in [0.4, 0.5) is 5.69 Å². The smallest absolute Gasteiger partial charge is 0.341 e. The van der Waals surface area contributed by atoms with Gasteiger partial charge in [0.15, 0.2) is 0 Å². The minimum atomic E-state index is -1.99. The number of nitrogens with one attached hydrogen (secondary N) is 1. The number of hydrazine groups is 1. The molecule has 0 saturated carbocycles. The van der Waals surface area contributed by atoms with E-state index in [9.17, 15) is 14.7 Å². The molecule has 1 aliphatic heterocycles. The predicted octanol–water partition coefficient (Wildman–Crippen LogP) is 2.78. The van der Waals surface area contributed by atoms with E-state index in [2.05, 4.69) is 5.43 Å². The number of aliphatic carboxylic acids is 1. The third-order valence-corrected chi connectivity index (χ3v) is 5.26. The molecule has 3 rings (SSSR count). The summed E-state index contributed by atoms with van der Waals surface area (Å²) in [5.41, 5.74) is 8.29. The van der Waals surface area contributed by atoms with E-state index in [-0.39, 0.29) is 6.42 Å². The number of rotatable bonds is 4. The number of anilines is 1. The molecule has 2 atom stereocenters. The van der Waals surface area contributed by atoms with Gasteiger partial charge in [0, 0.05) is 35.0 Å². The lowest BCUT2D eigenvalue weighted by molar-refractivity contribution is -0.149. The minimum Gasteiger partial charge on any atom is -0.479 e. The highest BCUT2D eigenvalue weighted by atomic mass is 35.5. The van der Waals surface area contributed by atoms with Crippen LogP contribution in [0.5, 0.6) is 0 Å². The first kappa shape index (κ1) is 18.5. The highest BCUT2D eigenvalue weighted by Crippen LogP contribution is 2.49. The molecule has 2 aromatic rings. The van der Waals surface area contributed by atoms with Gasteiger partial charge >= 0.3 is 5.97 Å². The second kappa shape index (κ2) is 6.79. The van der Waals surface area contributed by atoms with Crippen LogP contribution in [0.2, 0.25) is 10.0 Å². The van der Waals surface area contributed by atoms with E-state index in [0.717, 1.165) is 5.56 Å². The van der Waals surface area contributed by atoms with Crippen molar-refractivity contribution in [2.24, 2.45) is 5.73 Å². The fraction of sp³-hybridized carbons (Fsp3) is 0.222. The van der Waals surface area contributed by atoms with E-state index in [1.165, 1.54) is 12.1 Å². The van der Waals surface area contributed by atoms with Crippen LogP contribution in [0.3, 0.4) is 0 Å². The van der Waals surface area contributed by atoms with E-state index in [1.54, 1.807) is 12.1 Å². The lowest BCUT2D eigenvalue weighted by Gasteiger charge is -2.46. The Morgan fingerprint density at radius 1 is 1.27 bits per heavy atom. The fourth-order valence-corrected chi connectivity index (χ4v) is 4.19. The molecule has 0 saturated heterocycles. The number of amides is 1. The van der Waals surface area contributed by atoms with Gasteiger partial charge in [-0.25, -0.2) is 10.2 Å². The van der Waals surface area contributed by atoms with E-state index in [4.69, 9.17) is 28.9 Å². The van der Waals surface area contributed by atoms with E-state index >= 15 is 0 Å². The van der Waals surface area contributed by atoms with Crippen LogP contribution < -0.4 is 16.2 Å². The number of carbonyl (C=O) groups is 2. The molecular weight excluding hydrogens is 377 g/mol. The summed E-state index contributed by atoms with van der Waals surface area (Å²) in [7, 11) is 1.52. The van der Waals surface area contributed by atoms with Crippen LogP contribution >= 0.6 is 23.2 Å². The standard InChI is InChI=1S/C18H17Cl2N3O3/c1-22-23-14-8-11(19)7-13(20)15(14)12(10-5-3-2-4-6-10)9-18(23,16(21)24)17(25)26/h2-8,12,22H,9H2,1H3,(H2,21,24)(H,25,26)/t12-,18-/m0/s1. The summed E-state index contributed by atoms with van der Waals surface area (Å²) in [4.78, 5) is 24.5. The summed E-state index contributed by atoms with van der Waals surface area (Å²) in [5, 5.41) is 11.9. The molecule has 0 unspecified atom stereocenters. The van der Waals surface area contributed by atoms with Gasteiger partial charge in [0.2, 0.25) is 5.54 Å². The molecule has 136 valence electrons. The first-order chi connectivity index (χ1) is 12.3. The molecule has 2 aromatic carbocycles. The summed E-state index contributed by atoms with van der Waals surface area (Å²) in [6.07, 6.45) is -0.0725. The van der Waals surface area contributed by atoms with Crippen molar-refractivity contribution in [1.82, 2.24) is 5.43 Å². The molecule has 0 fully saturated rings. The molecule has 1 amide bonds. The highest BCUT2D eigenvalue weighted by Gasteiger charge is 2.56. The van der Waals surface area contributed by atoms with Crippen molar-refractivity contribution in [2.75, 3.05) is 12.1 Å². The molecule has 6 nitrogen and oxygen atoms in total. The van der Waals surface area contributed by atoms with E-state index in [0.29, 0.717) is 21.3 Å². The number of fused-ring (bicyclic) bond motifs is 1. The number of primary amides is 1. The van der Waals surface area contributed by atoms with Gasteiger partial charge in [-0.15, -0.1) is 0 Å². The van der Waals surface area contributed by atoms with Crippen LogP contribution in [0.25, 0.3) is 0 Å². The third-order valence-electron chi connectivity index (χ3n) is 4.73.